The third-order valence-corrected chi connectivity index (χ3v) is 6.62. The van der Waals surface area contributed by atoms with Gasteiger partial charge in [0.05, 0.1) is 12.1 Å². The number of carbonyl (C=O) groups excluding carboxylic acids is 2. The molecule has 8 heteroatoms. The van der Waals surface area contributed by atoms with Crippen LogP contribution in [0.3, 0.4) is 0 Å². The van der Waals surface area contributed by atoms with Gasteiger partial charge in [-0.25, -0.2) is 0 Å². The number of hydrogen-bond donors (Lipinski definition) is 1. The average Bonchev–Trinajstić information content (AvgIpc) is 3.15. The van der Waals surface area contributed by atoms with E-state index in [9.17, 15) is 14.7 Å². The highest BCUT2D eigenvalue weighted by atomic mass is 35.5. The first-order valence-electron chi connectivity index (χ1n) is 10.4. The van der Waals surface area contributed by atoms with Crippen LogP contribution in [0.4, 0.5) is 0 Å². The van der Waals surface area contributed by atoms with Crippen LogP contribution in [0.5, 0.6) is 0 Å². The molecule has 4 rings (SSSR count). The second-order valence-electron chi connectivity index (χ2n) is 8.20. The molecule has 1 N–H and O–H groups in total. The molecule has 6 nitrogen and oxygen atoms in total. The summed E-state index contributed by atoms with van der Waals surface area (Å²) in [5.74, 6) is -0.128. The van der Waals surface area contributed by atoms with Gasteiger partial charge in [0.2, 0.25) is 0 Å². The third-order valence-electron chi connectivity index (χ3n) is 6.12. The zero-order chi connectivity index (χ0) is 22.1. The Bertz CT molecular complexity index is 952. The van der Waals surface area contributed by atoms with Crippen molar-refractivity contribution in [3.05, 3.63) is 69.7 Å². The van der Waals surface area contributed by atoms with E-state index in [1.807, 2.05) is 4.90 Å². The standard InChI is InChI=1S/C23H25Cl2N3O3/c1-15-12-26(22(30)16-2-6-18(24)7-3-16)10-11-28(15)20-13-27(14-21(20)29)23(31)17-4-8-19(25)9-5-17/h2-9,15,20-21,29H,10-14H2,1H3/t15-,20+,21+/m0/s1. The lowest BCUT2D eigenvalue weighted by Crippen LogP contribution is -2.59. The number of β-amino-alcohol motifs (C(OH)–C–C–N with tert-alkyl or cyclic N) is 1. The van der Waals surface area contributed by atoms with Gasteiger partial charge in [0, 0.05) is 59.9 Å². The second-order valence-corrected chi connectivity index (χ2v) is 9.07. The van der Waals surface area contributed by atoms with Crippen molar-refractivity contribution >= 4 is 35.0 Å². The molecule has 0 aliphatic carbocycles. The topological polar surface area (TPSA) is 64.1 Å². The number of aliphatic hydroxyl groups is 1. The zero-order valence-electron chi connectivity index (χ0n) is 17.2. The fourth-order valence-corrected chi connectivity index (χ4v) is 4.71. The van der Waals surface area contributed by atoms with Gasteiger partial charge in [0.1, 0.15) is 0 Å². The summed E-state index contributed by atoms with van der Waals surface area (Å²) in [7, 11) is 0. The Morgan fingerprint density at radius 2 is 1.32 bits per heavy atom. The fourth-order valence-electron chi connectivity index (χ4n) is 4.46. The zero-order valence-corrected chi connectivity index (χ0v) is 18.8. The maximum Gasteiger partial charge on any atom is 0.253 e. The largest absolute Gasteiger partial charge is 0.390 e. The molecular formula is C23H25Cl2N3O3. The Morgan fingerprint density at radius 3 is 1.84 bits per heavy atom. The molecule has 0 aromatic heterocycles. The first-order chi connectivity index (χ1) is 14.8. The number of amides is 2. The van der Waals surface area contributed by atoms with Gasteiger partial charge in [-0.1, -0.05) is 23.2 Å². The molecule has 2 fully saturated rings. The average molecular weight is 462 g/mol. The number of piperazine rings is 1. The molecule has 2 saturated heterocycles. The van der Waals surface area contributed by atoms with Gasteiger partial charge in [-0.15, -0.1) is 0 Å². The van der Waals surface area contributed by atoms with Crippen LogP contribution in [0.25, 0.3) is 0 Å². The number of nitrogens with zero attached hydrogens (tertiary/aromatic N) is 3. The number of rotatable bonds is 3. The van der Waals surface area contributed by atoms with Gasteiger partial charge < -0.3 is 14.9 Å². The van der Waals surface area contributed by atoms with Crippen LogP contribution in [-0.4, -0.2) is 82.5 Å². The van der Waals surface area contributed by atoms with Gasteiger partial charge in [-0.3, -0.25) is 14.5 Å². The first kappa shape index (κ1) is 22.1. The minimum atomic E-state index is -0.628. The van der Waals surface area contributed by atoms with Crippen LogP contribution < -0.4 is 0 Å². The summed E-state index contributed by atoms with van der Waals surface area (Å²) in [5.41, 5.74) is 1.18. The van der Waals surface area contributed by atoms with Crippen molar-refractivity contribution in [3.8, 4) is 0 Å². The van der Waals surface area contributed by atoms with Crippen LogP contribution in [0.15, 0.2) is 48.5 Å². The van der Waals surface area contributed by atoms with Crippen LogP contribution in [0, 0.1) is 0 Å². The van der Waals surface area contributed by atoms with Crippen molar-refractivity contribution in [2.45, 2.75) is 25.1 Å². The molecule has 2 amide bonds. The van der Waals surface area contributed by atoms with E-state index in [-0.39, 0.29) is 23.9 Å². The third kappa shape index (κ3) is 4.72. The fraction of sp³-hybridized carbons (Fsp3) is 0.391. The molecular weight excluding hydrogens is 437 g/mol. The predicted octanol–water partition coefficient (Wildman–Crippen LogP) is 3.03. The smallest absolute Gasteiger partial charge is 0.253 e. The Labute approximate surface area is 191 Å². The predicted molar refractivity (Wildman–Crippen MR) is 121 cm³/mol. The van der Waals surface area contributed by atoms with Gasteiger partial charge in [0.25, 0.3) is 11.8 Å². The van der Waals surface area contributed by atoms with E-state index in [1.165, 1.54) is 0 Å². The molecule has 2 aromatic carbocycles. The lowest BCUT2D eigenvalue weighted by atomic mass is 10.1. The van der Waals surface area contributed by atoms with Crippen LogP contribution >= 0.6 is 23.2 Å². The van der Waals surface area contributed by atoms with Gasteiger partial charge >= 0.3 is 0 Å². The number of aliphatic hydroxyl groups excluding tert-OH is 1. The number of hydrogen-bond acceptors (Lipinski definition) is 4. The molecule has 0 unspecified atom stereocenters. The van der Waals surface area contributed by atoms with Crippen molar-refractivity contribution in [3.63, 3.8) is 0 Å². The van der Waals surface area contributed by atoms with E-state index in [2.05, 4.69) is 11.8 Å². The summed E-state index contributed by atoms with van der Waals surface area (Å²) < 4.78 is 0. The highest BCUT2D eigenvalue weighted by Crippen LogP contribution is 2.24. The summed E-state index contributed by atoms with van der Waals surface area (Å²) in [4.78, 5) is 31.4. The highest BCUT2D eigenvalue weighted by molar-refractivity contribution is 6.31. The summed E-state index contributed by atoms with van der Waals surface area (Å²) >= 11 is 11.8. The Morgan fingerprint density at radius 1 is 0.806 bits per heavy atom. The van der Waals surface area contributed by atoms with Crippen LogP contribution in [0.1, 0.15) is 27.6 Å². The molecule has 31 heavy (non-hydrogen) atoms. The van der Waals surface area contributed by atoms with Gasteiger partial charge in [-0.05, 0) is 55.5 Å². The van der Waals surface area contributed by atoms with Crippen LogP contribution in [-0.2, 0) is 0 Å². The number of benzene rings is 2. The maximum absolute atomic E-state index is 12.8. The lowest BCUT2D eigenvalue weighted by Gasteiger charge is -2.43. The molecule has 164 valence electrons. The molecule has 0 radical (unpaired) electrons. The lowest BCUT2D eigenvalue weighted by molar-refractivity contribution is 0.0117. The first-order valence-corrected chi connectivity index (χ1v) is 11.1. The van der Waals surface area contributed by atoms with E-state index in [0.717, 1.165) is 0 Å². The highest BCUT2D eigenvalue weighted by Gasteiger charge is 2.41. The van der Waals surface area contributed by atoms with E-state index >= 15 is 0 Å². The minimum Gasteiger partial charge on any atom is -0.390 e. The summed E-state index contributed by atoms with van der Waals surface area (Å²) in [6, 6.07) is 13.6. The molecule has 2 aliphatic rings. The monoisotopic (exact) mass is 461 g/mol. The number of likely N-dealkylation sites (tertiary alicyclic amines) is 1. The minimum absolute atomic E-state index is 0.0188. The summed E-state index contributed by atoms with van der Waals surface area (Å²) in [5, 5.41) is 11.9. The molecule has 0 spiro atoms. The molecule has 3 atom stereocenters. The van der Waals surface area contributed by atoms with Crippen LogP contribution in [0.2, 0.25) is 10.0 Å². The Balaban J connectivity index is 1.39. The van der Waals surface area contributed by atoms with Crippen molar-refractivity contribution in [1.29, 1.82) is 0 Å². The molecule has 2 aliphatic heterocycles. The normalized spacial score (nSPS) is 24.5. The van der Waals surface area contributed by atoms with E-state index in [4.69, 9.17) is 23.2 Å². The van der Waals surface area contributed by atoms with Gasteiger partial charge in [0.15, 0.2) is 0 Å². The van der Waals surface area contributed by atoms with Crippen molar-refractivity contribution < 1.29 is 14.7 Å². The van der Waals surface area contributed by atoms with Crippen molar-refractivity contribution in [2.24, 2.45) is 0 Å². The van der Waals surface area contributed by atoms with Crippen molar-refractivity contribution in [2.75, 3.05) is 32.7 Å². The summed E-state index contributed by atoms with van der Waals surface area (Å²) in [6.07, 6.45) is -0.628. The summed E-state index contributed by atoms with van der Waals surface area (Å²) in [6.45, 7) is 4.58. The van der Waals surface area contributed by atoms with E-state index < -0.39 is 6.10 Å². The number of carbonyl (C=O) groups is 2. The van der Waals surface area contributed by atoms with Crippen molar-refractivity contribution in [1.82, 2.24) is 14.7 Å². The molecule has 2 aromatic rings. The SMILES string of the molecule is C[C@H]1CN(C(=O)c2ccc(Cl)cc2)CCN1[C@@H]1CN(C(=O)c2ccc(Cl)cc2)C[C@H]1O. The quantitative estimate of drug-likeness (QED) is 0.762. The van der Waals surface area contributed by atoms with E-state index in [0.29, 0.717) is 53.9 Å². The second kappa shape index (κ2) is 9.17. The Kier molecular flexibility index (Phi) is 6.53. The van der Waals surface area contributed by atoms with E-state index in [1.54, 1.807) is 53.4 Å². The molecule has 2 heterocycles. The maximum atomic E-state index is 12.8. The number of halogens is 2. The molecule has 0 saturated carbocycles. The van der Waals surface area contributed by atoms with Gasteiger partial charge in [-0.2, -0.15) is 0 Å². The molecule has 0 bridgehead atoms. The Hall–Kier alpha value is -2.12.